The van der Waals surface area contributed by atoms with Crippen molar-refractivity contribution in [2.24, 2.45) is 4.99 Å². The highest BCUT2D eigenvalue weighted by Crippen LogP contribution is 2.24. The van der Waals surface area contributed by atoms with Crippen LogP contribution in [0.25, 0.3) is 0 Å². The number of hydrogen-bond acceptors (Lipinski definition) is 4. The van der Waals surface area contributed by atoms with E-state index in [0.29, 0.717) is 22.8 Å². The number of nitrogens with one attached hydrogen (secondary N) is 1. The fourth-order valence-corrected chi connectivity index (χ4v) is 4.47. The standard InChI is InChI=1S/C12H9BrN2O2S2/c13-8-5-9(18-7-8)6-14-12-10-3-1-2-4-11(10)19(16,17)15-12/h1-5,7H,6H2,(H,14,15). The highest BCUT2D eigenvalue weighted by Gasteiger charge is 2.29. The fourth-order valence-electron chi connectivity index (χ4n) is 1.84. The summed E-state index contributed by atoms with van der Waals surface area (Å²) < 4.78 is 27.3. The molecule has 0 aliphatic carbocycles. The van der Waals surface area contributed by atoms with Crippen LogP contribution in [-0.2, 0) is 16.6 Å². The van der Waals surface area contributed by atoms with E-state index >= 15 is 0 Å². The van der Waals surface area contributed by atoms with Gasteiger partial charge in [-0.15, -0.1) is 11.3 Å². The number of amidine groups is 1. The quantitative estimate of drug-likeness (QED) is 0.899. The lowest BCUT2D eigenvalue weighted by atomic mass is 10.2. The average Bonchev–Trinajstić information content (AvgIpc) is 2.90. The number of sulfonamides is 1. The third-order valence-electron chi connectivity index (χ3n) is 2.68. The molecule has 3 rings (SSSR count). The largest absolute Gasteiger partial charge is 0.263 e. The summed E-state index contributed by atoms with van der Waals surface area (Å²) in [7, 11) is -3.44. The lowest BCUT2D eigenvalue weighted by molar-refractivity contribution is 0.595. The summed E-state index contributed by atoms with van der Waals surface area (Å²) in [5.74, 6) is 0.417. The first-order chi connectivity index (χ1) is 9.06. The van der Waals surface area contributed by atoms with Gasteiger partial charge in [0, 0.05) is 20.3 Å². The fraction of sp³-hybridized carbons (Fsp3) is 0.0833. The summed E-state index contributed by atoms with van der Waals surface area (Å²) in [5, 5.41) is 1.97. The van der Waals surface area contributed by atoms with Gasteiger partial charge in [0.25, 0.3) is 10.0 Å². The van der Waals surface area contributed by atoms with E-state index in [0.717, 1.165) is 9.35 Å². The summed E-state index contributed by atoms with van der Waals surface area (Å²) in [6.07, 6.45) is 0. The lowest BCUT2D eigenvalue weighted by Crippen LogP contribution is -2.22. The molecule has 1 aliphatic heterocycles. The van der Waals surface area contributed by atoms with Gasteiger partial charge in [0.2, 0.25) is 0 Å². The molecule has 0 atom stereocenters. The third-order valence-corrected chi connectivity index (χ3v) is 5.76. The molecule has 0 radical (unpaired) electrons. The van der Waals surface area contributed by atoms with Gasteiger partial charge in [-0.3, -0.25) is 9.71 Å². The highest BCUT2D eigenvalue weighted by atomic mass is 79.9. The SMILES string of the molecule is O=S1(=O)NC(=NCc2cc(Br)cs2)c2ccccc21. The minimum Gasteiger partial charge on any atom is -0.263 e. The topological polar surface area (TPSA) is 58.5 Å². The minimum absolute atomic E-state index is 0.293. The van der Waals surface area contributed by atoms with E-state index in [1.54, 1.807) is 35.6 Å². The number of aliphatic imine (C=N–C) groups is 1. The van der Waals surface area contributed by atoms with Crippen LogP contribution in [0.2, 0.25) is 0 Å². The molecule has 2 heterocycles. The van der Waals surface area contributed by atoms with Crippen LogP contribution in [-0.4, -0.2) is 14.3 Å². The monoisotopic (exact) mass is 356 g/mol. The lowest BCUT2D eigenvalue weighted by Gasteiger charge is -1.97. The third kappa shape index (κ3) is 2.45. The van der Waals surface area contributed by atoms with Gasteiger partial charge in [0.05, 0.1) is 11.4 Å². The van der Waals surface area contributed by atoms with Crippen LogP contribution >= 0.6 is 27.3 Å². The van der Waals surface area contributed by atoms with Crippen molar-refractivity contribution >= 4 is 43.1 Å². The van der Waals surface area contributed by atoms with Crippen LogP contribution in [0, 0.1) is 0 Å². The van der Waals surface area contributed by atoms with Gasteiger partial charge in [-0.1, -0.05) is 12.1 Å². The van der Waals surface area contributed by atoms with Crippen LogP contribution in [0.3, 0.4) is 0 Å². The number of rotatable bonds is 2. The molecule has 0 spiro atoms. The molecule has 0 saturated carbocycles. The highest BCUT2D eigenvalue weighted by molar-refractivity contribution is 9.10. The maximum Gasteiger partial charge on any atom is 0.263 e. The van der Waals surface area contributed by atoms with Gasteiger partial charge in [-0.2, -0.15) is 0 Å². The summed E-state index contributed by atoms with van der Waals surface area (Å²) in [5.41, 5.74) is 0.637. The van der Waals surface area contributed by atoms with Crippen LogP contribution in [0.4, 0.5) is 0 Å². The van der Waals surface area contributed by atoms with Gasteiger partial charge in [0.1, 0.15) is 5.84 Å². The van der Waals surface area contributed by atoms with Crippen molar-refractivity contribution < 1.29 is 8.42 Å². The van der Waals surface area contributed by atoms with Gasteiger partial charge < -0.3 is 0 Å². The Kier molecular flexibility index (Phi) is 3.20. The predicted octanol–water partition coefficient (Wildman–Crippen LogP) is 2.75. The van der Waals surface area contributed by atoms with E-state index in [9.17, 15) is 8.42 Å². The van der Waals surface area contributed by atoms with Gasteiger partial charge in [-0.25, -0.2) is 8.42 Å². The second-order valence-electron chi connectivity index (χ2n) is 4.00. The number of benzene rings is 1. The zero-order chi connectivity index (χ0) is 13.5. The van der Waals surface area contributed by atoms with E-state index < -0.39 is 10.0 Å². The maximum absolute atomic E-state index is 11.9. The molecule has 98 valence electrons. The van der Waals surface area contributed by atoms with E-state index in [-0.39, 0.29) is 0 Å². The van der Waals surface area contributed by atoms with Crippen molar-refractivity contribution in [3.63, 3.8) is 0 Å². The number of thiophene rings is 1. The number of hydrogen-bond donors (Lipinski definition) is 1. The Balaban J connectivity index is 1.95. The first-order valence-electron chi connectivity index (χ1n) is 5.46. The molecule has 1 aromatic heterocycles. The predicted molar refractivity (Wildman–Crippen MR) is 79.0 cm³/mol. The molecule has 1 N–H and O–H groups in total. The molecular weight excluding hydrogens is 348 g/mol. The Hall–Kier alpha value is -1.18. The summed E-state index contributed by atoms with van der Waals surface area (Å²) in [6, 6.07) is 8.83. The molecule has 7 heteroatoms. The Labute approximate surface area is 123 Å². The molecule has 0 fully saturated rings. The Bertz CT molecular complexity index is 766. The first kappa shape index (κ1) is 12.8. The molecule has 4 nitrogen and oxygen atoms in total. The smallest absolute Gasteiger partial charge is 0.263 e. The Morgan fingerprint density at radius 3 is 2.84 bits per heavy atom. The molecule has 0 amide bonds. The first-order valence-corrected chi connectivity index (χ1v) is 8.61. The average molecular weight is 357 g/mol. The molecule has 0 saturated heterocycles. The Morgan fingerprint density at radius 1 is 1.32 bits per heavy atom. The van der Waals surface area contributed by atoms with Crippen molar-refractivity contribution in [1.82, 2.24) is 4.72 Å². The van der Waals surface area contributed by atoms with Gasteiger partial charge in [0.15, 0.2) is 0 Å². The second-order valence-corrected chi connectivity index (χ2v) is 7.56. The molecule has 0 bridgehead atoms. The number of nitrogens with zero attached hydrogens (tertiary/aromatic N) is 1. The molecule has 19 heavy (non-hydrogen) atoms. The minimum atomic E-state index is -3.44. The van der Waals surface area contributed by atoms with E-state index in [1.165, 1.54) is 0 Å². The van der Waals surface area contributed by atoms with E-state index in [1.807, 2.05) is 11.4 Å². The molecule has 2 aromatic rings. The van der Waals surface area contributed by atoms with Crippen LogP contribution in [0.5, 0.6) is 0 Å². The van der Waals surface area contributed by atoms with Crippen LogP contribution < -0.4 is 4.72 Å². The van der Waals surface area contributed by atoms with Crippen molar-refractivity contribution in [1.29, 1.82) is 0 Å². The molecule has 0 unspecified atom stereocenters. The number of fused-ring (bicyclic) bond motifs is 1. The summed E-state index contributed by atoms with van der Waals surface area (Å²) in [6.45, 7) is 0.461. The van der Waals surface area contributed by atoms with Crippen molar-refractivity contribution in [3.8, 4) is 0 Å². The maximum atomic E-state index is 11.9. The van der Waals surface area contributed by atoms with Crippen molar-refractivity contribution in [2.45, 2.75) is 11.4 Å². The summed E-state index contributed by atoms with van der Waals surface area (Å²) >= 11 is 4.96. The second kappa shape index (κ2) is 4.73. The molecule has 1 aromatic carbocycles. The van der Waals surface area contributed by atoms with Gasteiger partial charge in [-0.05, 0) is 34.1 Å². The van der Waals surface area contributed by atoms with Gasteiger partial charge >= 0.3 is 0 Å². The summed E-state index contributed by atoms with van der Waals surface area (Å²) in [4.78, 5) is 5.72. The molecule has 1 aliphatic rings. The van der Waals surface area contributed by atoms with Crippen molar-refractivity contribution in [2.75, 3.05) is 0 Å². The van der Waals surface area contributed by atoms with Crippen molar-refractivity contribution in [3.05, 3.63) is 50.6 Å². The zero-order valence-electron chi connectivity index (χ0n) is 9.63. The van der Waals surface area contributed by atoms with Crippen LogP contribution in [0.15, 0.2) is 50.1 Å². The normalized spacial score (nSPS) is 18.3. The Morgan fingerprint density at radius 2 is 2.11 bits per heavy atom. The zero-order valence-corrected chi connectivity index (χ0v) is 12.8. The van der Waals surface area contributed by atoms with Crippen LogP contribution in [0.1, 0.15) is 10.4 Å². The molecular formula is C12H9BrN2O2S2. The number of halogens is 1. The van der Waals surface area contributed by atoms with E-state index in [2.05, 4.69) is 25.6 Å². The van der Waals surface area contributed by atoms with E-state index in [4.69, 9.17) is 0 Å².